The van der Waals surface area contributed by atoms with Crippen LogP contribution in [0.25, 0.3) is 17.3 Å². The van der Waals surface area contributed by atoms with Gasteiger partial charge in [0.05, 0.1) is 12.3 Å². The van der Waals surface area contributed by atoms with Crippen molar-refractivity contribution >= 4 is 28.5 Å². The van der Waals surface area contributed by atoms with Gasteiger partial charge in [-0.3, -0.25) is 10.1 Å². The van der Waals surface area contributed by atoms with Crippen LogP contribution in [0.15, 0.2) is 53.9 Å². The minimum absolute atomic E-state index is 0.202. The van der Waals surface area contributed by atoms with Crippen LogP contribution in [0.2, 0.25) is 0 Å². The van der Waals surface area contributed by atoms with E-state index in [1.807, 2.05) is 29.6 Å². The van der Waals surface area contributed by atoms with Crippen molar-refractivity contribution in [3.05, 3.63) is 70.6 Å². The van der Waals surface area contributed by atoms with Crippen molar-refractivity contribution < 1.29 is 9.53 Å². The highest BCUT2D eigenvalue weighted by molar-refractivity contribution is 7.14. The van der Waals surface area contributed by atoms with Gasteiger partial charge in [-0.05, 0) is 61.4 Å². The minimum Gasteiger partial charge on any atom is -0.493 e. The Labute approximate surface area is 181 Å². The number of nitrogens with one attached hydrogen (secondary N) is 1. The summed E-state index contributed by atoms with van der Waals surface area (Å²) >= 11 is 1.44. The molecule has 0 atom stereocenters. The number of anilines is 1. The smallest absolute Gasteiger partial charge is 0.250 e. The number of fused-ring (bicyclic) bond motifs is 1. The summed E-state index contributed by atoms with van der Waals surface area (Å²) in [5, 5.41) is 5.47. The van der Waals surface area contributed by atoms with Crippen molar-refractivity contribution in [1.29, 1.82) is 0 Å². The minimum atomic E-state index is -0.202. The number of aromatic nitrogens is 1. The Morgan fingerprint density at radius 2 is 2.00 bits per heavy atom. The molecule has 3 aromatic rings. The number of hydrogen-bond donors (Lipinski definition) is 1. The third-order valence-electron chi connectivity index (χ3n) is 5.17. The molecule has 4 nitrogen and oxygen atoms in total. The van der Waals surface area contributed by atoms with E-state index in [2.05, 4.69) is 35.4 Å². The molecule has 0 bridgehead atoms. The zero-order chi connectivity index (χ0) is 20.8. The van der Waals surface area contributed by atoms with Crippen LogP contribution in [0.4, 0.5) is 5.13 Å². The van der Waals surface area contributed by atoms with E-state index >= 15 is 0 Å². The second kappa shape index (κ2) is 9.72. The van der Waals surface area contributed by atoms with Gasteiger partial charge in [-0.1, -0.05) is 37.3 Å². The van der Waals surface area contributed by atoms with Crippen LogP contribution in [0.5, 0.6) is 5.75 Å². The molecule has 30 heavy (non-hydrogen) atoms. The molecule has 5 heteroatoms. The predicted octanol–water partition coefficient (Wildman–Crippen LogP) is 6.13. The van der Waals surface area contributed by atoms with Gasteiger partial charge in [-0.25, -0.2) is 4.98 Å². The van der Waals surface area contributed by atoms with Crippen LogP contribution in [0.3, 0.4) is 0 Å². The summed E-state index contributed by atoms with van der Waals surface area (Å²) in [6, 6.07) is 14.3. The molecule has 0 fully saturated rings. The van der Waals surface area contributed by atoms with Gasteiger partial charge in [0.15, 0.2) is 5.13 Å². The number of hydrogen-bond acceptors (Lipinski definition) is 4. The first-order chi connectivity index (χ1) is 14.7. The fourth-order valence-corrected chi connectivity index (χ4v) is 4.35. The Morgan fingerprint density at radius 3 is 2.87 bits per heavy atom. The first-order valence-electron chi connectivity index (χ1n) is 10.5. The van der Waals surface area contributed by atoms with Crippen LogP contribution in [-0.2, 0) is 17.6 Å². The molecule has 1 aliphatic carbocycles. The fraction of sp³-hybridized carbons (Fsp3) is 0.280. The highest BCUT2D eigenvalue weighted by Crippen LogP contribution is 2.29. The molecule has 0 spiro atoms. The Hall–Kier alpha value is -2.92. The van der Waals surface area contributed by atoms with Crippen molar-refractivity contribution in [2.75, 3.05) is 11.9 Å². The van der Waals surface area contributed by atoms with E-state index in [4.69, 9.17) is 4.74 Å². The highest BCUT2D eigenvalue weighted by Gasteiger charge is 2.12. The highest BCUT2D eigenvalue weighted by atomic mass is 32.1. The lowest BCUT2D eigenvalue weighted by Crippen LogP contribution is -2.07. The van der Waals surface area contributed by atoms with E-state index in [0.29, 0.717) is 11.7 Å². The largest absolute Gasteiger partial charge is 0.493 e. The van der Waals surface area contributed by atoms with E-state index in [-0.39, 0.29) is 5.91 Å². The molecule has 154 valence electrons. The third kappa shape index (κ3) is 4.97. The first-order valence-corrected chi connectivity index (χ1v) is 11.4. The molecule has 0 unspecified atom stereocenters. The van der Waals surface area contributed by atoms with Gasteiger partial charge < -0.3 is 4.74 Å². The lowest BCUT2D eigenvalue weighted by Gasteiger charge is -2.16. The molecule has 1 amide bonds. The van der Waals surface area contributed by atoms with E-state index in [1.54, 1.807) is 6.08 Å². The van der Waals surface area contributed by atoms with Crippen LogP contribution < -0.4 is 10.1 Å². The molecule has 1 aromatic heterocycles. The number of carbonyl (C=O) groups excluding carboxylic acids is 1. The van der Waals surface area contributed by atoms with Crippen LogP contribution >= 0.6 is 11.3 Å². The average Bonchev–Trinajstić information content (AvgIpc) is 3.25. The monoisotopic (exact) mass is 418 g/mol. The zero-order valence-electron chi connectivity index (χ0n) is 17.2. The lowest BCUT2D eigenvalue weighted by molar-refractivity contribution is -0.111. The summed E-state index contributed by atoms with van der Waals surface area (Å²) in [7, 11) is 0. The number of nitrogens with zero attached hydrogens (tertiary/aromatic N) is 1. The third-order valence-corrected chi connectivity index (χ3v) is 5.93. The van der Waals surface area contributed by atoms with E-state index < -0.39 is 0 Å². The summed E-state index contributed by atoms with van der Waals surface area (Å²) in [6.07, 6.45) is 9.09. The normalized spacial score (nSPS) is 13.2. The molecule has 1 N–H and O–H groups in total. The van der Waals surface area contributed by atoms with Crippen LogP contribution in [0, 0.1) is 0 Å². The number of thiazole rings is 1. The molecule has 0 saturated heterocycles. The maximum atomic E-state index is 12.4. The van der Waals surface area contributed by atoms with Crippen molar-refractivity contribution in [2.45, 2.75) is 39.0 Å². The molecular formula is C25H26N2O2S. The van der Waals surface area contributed by atoms with Crippen molar-refractivity contribution in [2.24, 2.45) is 0 Å². The zero-order valence-corrected chi connectivity index (χ0v) is 18.0. The number of amides is 1. The Bertz CT molecular complexity index is 1050. The van der Waals surface area contributed by atoms with Gasteiger partial charge in [0.25, 0.3) is 0 Å². The van der Waals surface area contributed by atoms with Gasteiger partial charge in [0.1, 0.15) is 5.75 Å². The standard InChI is InChI=1S/C25H26N2O2S/c1-2-15-29-23-10-6-5-8-19(23)13-14-24(28)27-25-26-22(17-30-25)21-12-11-18-7-3-4-9-20(18)16-21/h5-6,8,10-14,16-17H,2-4,7,9,15H2,1H3,(H,26,27,28)/b14-13+. The maximum absolute atomic E-state index is 12.4. The average molecular weight is 419 g/mol. The van der Waals surface area contributed by atoms with Gasteiger partial charge in [-0.15, -0.1) is 11.3 Å². The summed E-state index contributed by atoms with van der Waals surface area (Å²) in [4.78, 5) is 17.0. The van der Waals surface area contributed by atoms with Crippen LogP contribution in [-0.4, -0.2) is 17.5 Å². The van der Waals surface area contributed by atoms with Crippen molar-refractivity contribution in [3.8, 4) is 17.0 Å². The molecular weight excluding hydrogens is 392 g/mol. The van der Waals surface area contributed by atoms with Crippen molar-refractivity contribution in [3.63, 3.8) is 0 Å². The molecule has 0 saturated carbocycles. The summed E-state index contributed by atoms with van der Waals surface area (Å²) in [6.45, 7) is 2.72. The number of para-hydroxylation sites is 1. The summed E-state index contributed by atoms with van der Waals surface area (Å²) in [5.74, 6) is 0.582. The summed E-state index contributed by atoms with van der Waals surface area (Å²) in [5.41, 5.74) is 5.80. The van der Waals surface area contributed by atoms with E-state index in [9.17, 15) is 4.79 Å². The SMILES string of the molecule is CCCOc1ccccc1/C=C/C(=O)Nc1nc(-c2ccc3c(c2)CCCC3)cs1. The second-order valence-corrected chi connectivity index (χ2v) is 8.30. The molecule has 1 aliphatic rings. The van der Waals surface area contributed by atoms with Gasteiger partial charge in [-0.2, -0.15) is 0 Å². The number of ether oxygens (including phenoxy) is 1. The van der Waals surface area contributed by atoms with Gasteiger partial charge >= 0.3 is 0 Å². The van der Waals surface area contributed by atoms with Gasteiger partial charge in [0, 0.05) is 22.6 Å². The quantitative estimate of drug-likeness (QED) is 0.470. The number of benzene rings is 2. The number of rotatable bonds is 7. The first kappa shape index (κ1) is 20.4. The molecule has 2 aromatic carbocycles. The Kier molecular flexibility index (Phi) is 6.60. The molecule has 1 heterocycles. The maximum Gasteiger partial charge on any atom is 0.250 e. The fourth-order valence-electron chi connectivity index (χ4n) is 3.63. The Balaban J connectivity index is 1.42. The number of aryl methyl sites for hydroxylation is 2. The van der Waals surface area contributed by atoms with Crippen molar-refractivity contribution in [1.82, 2.24) is 4.98 Å². The molecule has 0 radical (unpaired) electrons. The topological polar surface area (TPSA) is 51.2 Å². The number of carbonyl (C=O) groups is 1. The molecule has 4 rings (SSSR count). The van der Waals surface area contributed by atoms with Gasteiger partial charge in [0.2, 0.25) is 5.91 Å². The second-order valence-electron chi connectivity index (χ2n) is 7.44. The van der Waals surface area contributed by atoms with E-state index in [1.165, 1.54) is 47.8 Å². The molecule has 0 aliphatic heterocycles. The van der Waals surface area contributed by atoms with Crippen LogP contribution in [0.1, 0.15) is 42.9 Å². The van der Waals surface area contributed by atoms with E-state index in [0.717, 1.165) is 35.4 Å². The lowest BCUT2D eigenvalue weighted by atomic mass is 9.90. The Morgan fingerprint density at radius 1 is 1.17 bits per heavy atom. The predicted molar refractivity (Wildman–Crippen MR) is 124 cm³/mol. The summed E-state index contributed by atoms with van der Waals surface area (Å²) < 4.78 is 5.74.